The molecule has 2 heterocycles. The largest absolute Gasteiger partial charge is 0.497 e. The fourth-order valence-electron chi connectivity index (χ4n) is 3.33. The highest BCUT2D eigenvalue weighted by molar-refractivity contribution is 7.89. The molecular weight excluding hydrogens is 402 g/mol. The molecule has 2 aliphatic rings. The quantitative estimate of drug-likeness (QED) is 0.540. The number of ether oxygens (including phenoxy) is 4. The first-order valence-corrected chi connectivity index (χ1v) is 10.0. The molecule has 0 amide bonds. The molecule has 29 heavy (non-hydrogen) atoms. The van der Waals surface area contributed by atoms with Crippen molar-refractivity contribution in [3.05, 3.63) is 47.5 Å². The van der Waals surface area contributed by atoms with Gasteiger partial charge in [0.25, 0.3) is 0 Å². The van der Waals surface area contributed by atoms with Crippen LogP contribution in [-0.2, 0) is 26.1 Å². The Balaban J connectivity index is 1.81. The van der Waals surface area contributed by atoms with Gasteiger partial charge in [-0.25, -0.2) is 13.2 Å². The van der Waals surface area contributed by atoms with Crippen molar-refractivity contribution in [1.29, 1.82) is 0 Å². The van der Waals surface area contributed by atoms with Crippen LogP contribution in [0.15, 0.2) is 41.3 Å². The Morgan fingerprint density at radius 3 is 2.62 bits per heavy atom. The second kappa shape index (κ2) is 7.05. The van der Waals surface area contributed by atoms with Gasteiger partial charge in [0.15, 0.2) is 23.3 Å². The van der Waals surface area contributed by atoms with E-state index in [0.717, 1.165) is 11.4 Å². The predicted molar refractivity (Wildman–Crippen MR) is 98.4 cm³/mol. The zero-order valence-corrected chi connectivity index (χ0v) is 16.4. The maximum atomic E-state index is 13.3. The lowest BCUT2D eigenvalue weighted by Gasteiger charge is -2.33. The minimum absolute atomic E-state index is 0.0687. The molecule has 10 heteroatoms. The molecule has 1 atom stereocenters. The monoisotopic (exact) mass is 419 g/mol. The van der Waals surface area contributed by atoms with Crippen LogP contribution < -0.4 is 14.2 Å². The number of carbonyl (C=O) groups excluding carboxylic acids is 2. The van der Waals surface area contributed by atoms with Crippen LogP contribution in [0.4, 0.5) is 0 Å². The standard InChI is InChI=1S/C19H17NO8S/c1-25-12-4-6-16-13(8-12)18(21)17(19(22)26-2)20(29(16,23)24)9-11-3-5-14-15(7-11)28-10-27-14/h3-8,17H,9-10H2,1-2H3. The summed E-state index contributed by atoms with van der Waals surface area (Å²) in [6, 6.07) is 7.30. The summed E-state index contributed by atoms with van der Waals surface area (Å²) in [6.45, 7) is -0.158. The number of ketones is 1. The van der Waals surface area contributed by atoms with Crippen LogP contribution in [-0.4, -0.2) is 51.5 Å². The molecule has 0 radical (unpaired) electrons. The van der Waals surface area contributed by atoms with Crippen molar-refractivity contribution < 1.29 is 37.0 Å². The van der Waals surface area contributed by atoms with Crippen molar-refractivity contribution in [2.45, 2.75) is 17.5 Å². The fraction of sp³-hybridized carbons (Fsp3) is 0.263. The van der Waals surface area contributed by atoms with Crippen LogP contribution in [0.25, 0.3) is 0 Å². The van der Waals surface area contributed by atoms with Gasteiger partial charge in [-0.1, -0.05) is 6.07 Å². The van der Waals surface area contributed by atoms with Gasteiger partial charge in [0.1, 0.15) is 5.75 Å². The van der Waals surface area contributed by atoms with Gasteiger partial charge in [-0.3, -0.25) is 4.79 Å². The van der Waals surface area contributed by atoms with Gasteiger partial charge in [0.2, 0.25) is 16.8 Å². The van der Waals surface area contributed by atoms with E-state index in [1.54, 1.807) is 18.2 Å². The van der Waals surface area contributed by atoms with Crippen molar-refractivity contribution in [1.82, 2.24) is 4.31 Å². The number of carbonyl (C=O) groups is 2. The number of fused-ring (bicyclic) bond motifs is 2. The minimum Gasteiger partial charge on any atom is -0.497 e. The number of rotatable bonds is 4. The number of hydrogen-bond acceptors (Lipinski definition) is 8. The van der Waals surface area contributed by atoms with Crippen molar-refractivity contribution in [3.63, 3.8) is 0 Å². The molecule has 2 aromatic rings. The number of hydrogen-bond donors (Lipinski definition) is 0. The molecule has 0 aromatic heterocycles. The maximum Gasteiger partial charge on any atom is 0.332 e. The summed E-state index contributed by atoms with van der Waals surface area (Å²) in [5.74, 6) is -0.342. The van der Waals surface area contributed by atoms with E-state index in [4.69, 9.17) is 18.9 Å². The van der Waals surface area contributed by atoms with Crippen LogP contribution in [0.3, 0.4) is 0 Å². The zero-order chi connectivity index (χ0) is 20.8. The molecule has 4 rings (SSSR count). The molecule has 0 aliphatic carbocycles. The van der Waals surface area contributed by atoms with E-state index in [9.17, 15) is 18.0 Å². The van der Waals surface area contributed by atoms with E-state index in [-0.39, 0.29) is 23.8 Å². The summed E-state index contributed by atoms with van der Waals surface area (Å²) in [6.07, 6.45) is 0. The molecule has 9 nitrogen and oxygen atoms in total. The summed E-state index contributed by atoms with van der Waals surface area (Å²) >= 11 is 0. The van der Waals surface area contributed by atoms with Crippen LogP contribution in [0, 0.1) is 0 Å². The van der Waals surface area contributed by atoms with Crippen molar-refractivity contribution in [3.8, 4) is 17.2 Å². The van der Waals surface area contributed by atoms with Gasteiger partial charge in [0, 0.05) is 12.1 Å². The highest BCUT2D eigenvalue weighted by Gasteiger charge is 2.48. The lowest BCUT2D eigenvalue weighted by Crippen LogP contribution is -2.53. The van der Waals surface area contributed by atoms with Crippen molar-refractivity contribution in [2.24, 2.45) is 0 Å². The number of Topliss-reactive ketones (excluding diaryl/α,β-unsaturated/α-hetero) is 1. The Morgan fingerprint density at radius 1 is 1.14 bits per heavy atom. The van der Waals surface area contributed by atoms with Gasteiger partial charge >= 0.3 is 5.97 Å². The average Bonchev–Trinajstić information content (AvgIpc) is 3.19. The number of esters is 1. The summed E-state index contributed by atoms with van der Waals surface area (Å²) in [7, 11) is -1.68. The number of sulfonamides is 1. The zero-order valence-electron chi connectivity index (χ0n) is 15.6. The molecule has 152 valence electrons. The molecule has 0 spiro atoms. The second-order valence-electron chi connectivity index (χ2n) is 6.39. The van der Waals surface area contributed by atoms with Gasteiger partial charge in [-0.05, 0) is 35.9 Å². The van der Waals surface area contributed by atoms with E-state index >= 15 is 0 Å². The van der Waals surface area contributed by atoms with Gasteiger partial charge in [-0.2, -0.15) is 4.31 Å². The van der Waals surface area contributed by atoms with E-state index in [1.165, 1.54) is 25.3 Å². The SMILES string of the molecule is COC(=O)C1C(=O)c2cc(OC)ccc2S(=O)(=O)N1Cc1ccc2c(c1)OCO2. The van der Waals surface area contributed by atoms with Gasteiger partial charge < -0.3 is 18.9 Å². The summed E-state index contributed by atoms with van der Waals surface area (Å²) < 4.78 is 47.8. The maximum absolute atomic E-state index is 13.3. The Hall–Kier alpha value is -3.11. The number of methoxy groups -OCH3 is 2. The van der Waals surface area contributed by atoms with Crippen LogP contribution in [0.5, 0.6) is 17.2 Å². The second-order valence-corrected chi connectivity index (χ2v) is 8.25. The molecule has 0 saturated heterocycles. The van der Waals surface area contributed by atoms with Crippen LogP contribution in [0.2, 0.25) is 0 Å². The average molecular weight is 419 g/mol. The Morgan fingerprint density at radius 2 is 1.90 bits per heavy atom. The van der Waals surface area contributed by atoms with E-state index in [2.05, 4.69) is 0 Å². The Bertz CT molecular complexity index is 1110. The third-order valence-electron chi connectivity index (χ3n) is 4.77. The van der Waals surface area contributed by atoms with Gasteiger partial charge in [-0.15, -0.1) is 0 Å². The fourth-order valence-corrected chi connectivity index (χ4v) is 5.04. The first-order chi connectivity index (χ1) is 13.9. The molecule has 2 aliphatic heterocycles. The Labute approximate surface area is 166 Å². The molecule has 1 unspecified atom stereocenters. The molecular formula is C19H17NO8S. The number of nitrogens with zero attached hydrogens (tertiary/aromatic N) is 1. The minimum atomic E-state index is -4.17. The predicted octanol–water partition coefficient (Wildman–Crippen LogP) is 1.35. The van der Waals surface area contributed by atoms with Crippen molar-refractivity contribution >= 4 is 21.8 Å². The third kappa shape index (κ3) is 3.10. The van der Waals surface area contributed by atoms with E-state index in [0.29, 0.717) is 22.8 Å². The van der Waals surface area contributed by atoms with Crippen LogP contribution in [0.1, 0.15) is 15.9 Å². The highest BCUT2D eigenvalue weighted by Crippen LogP contribution is 2.36. The van der Waals surface area contributed by atoms with E-state index < -0.39 is 27.8 Å². The molecule has 0 bridgehead atoms. The molecule has 0 saturated carbocycles. The highest BCUT2D eigenvalue weighted by atomic mass is 32.2. The summed E-state index contributed by atoms with van der Waals surface area (Å²) in [5, 5.41) is 0. The van der Waals surface area contributed by atoms with E-state index in [1.807, 2.05) is 0 Å². The number of benzene rings is 2. The first-order valence-electron chi connectivity index (χ1n) is 8.57. The first kappa shape index (κ1) is 19.2. The lowest BCUT2D eigenvalue weighted by atomic mass is 10.0. The molecule has 2 aromatic carbocycles. The van der Waals surface area contributed by atoms with Crippen LogP contribution >= 0.6 is 0 Å². The molecule has 0 N–H and O–H groups in total. The summed E-state index contributed by atoms with van der Waals surface area (Å²) in [5.41, 5.74) is 0.415. The summed E-state index contributed by atoms with van der Waals surface area (Å²) in [4.78, 5) is 25.3. The third-order valence-corrected chi connectivity index (χ3v) is 6.64. The molecule has 0 fully saturated rings. The smallest absolute Gasteiger partial charge is 0.332 e. The van der Waals surface area contributed by atoms with Gasteiger partial charge in [0.05, 0.1) is 19.1 Å². The topological polar surface area (TPSA) is 108 Å². The lowest BCUT2D eigenvalue weighted by molar-refractivity contribution is -0.143. The Kier molecular flexibility index (Phi) is 4.67. The normalized spacial score (nSPS) is 19.5. The van der Waals surface area contributed by atoms with Crippen molar-refractivity contribution in [2.75, 3.05) is 21.0 Å².